The average Bonchev–Trinajstić information content (AvgIpc) is 3.55. The lowest BCUT2D eigenvalue weighted by atomic mass is 9.70. The molecule has 66 heavy (non-hydrogen) atoms. The molecule has 16 nitrogen and oxygen atoms in total. The molecule has 1 spiro atoms. The van der Waals surface area contributed by atoms with E-state index in [0.29, 0.717) is 31.3 Å². The normalized spacial score (nSPS) is 47.9. The molecule has 2 bridgehead atoms. The van der Waals surface area contributed by atoms with Crippen molar-refractivity contribution in [1.82, 2.24) is 4.90 Å². The third kappa shape index (κ3) is 10.2. The van der Waals surface area contributed by atoms with Gasteiger partial charge in [0.05, 0.1) is 48.8 Å². The van der Waals surface area contributed by atoms with Crippen LogP contribution in [-0.2, 0) is 57.0 Å². The molecule has 370 valence electrons. The van der Waals surface area contributed by atoms with Gasteiger partial charge in [-0.2, -0.15) is 0 Å². The predicted octanol–water partition coefficient (Wildman–Crippen LogP) is 4.79. The minimum Gasteiger partial charge on any atom is -0.462 e. The number of likely N-dealkylation sites (N-methyl/N-ethyl adjacent to an activating group) is 1. The minimum atomic E-state index is -2.12. The molecule has 0 aromatic rings. The molecule has 3 N–H and O–H groups in total. The second-order valence-corrected chi connectivity index (χ2v) is 19.8. The van der Waals surface area contributed by atoms with E-state index in [0.717, 1.165) is 18.4 Å². The van der Waals surface area contributed by atoms with Crippen LogP contribution in [0.1, 0.15) is 93.9 Å². The third-order valence-electron chi connectivity index (χ3n) is 15.2. The minimum absolute atomic E-state index is 0.0284. The van der Waals surface area contributed by atoms with E-state index in [4.69, 9.17) is 47.4 Å². The van der Waals surface area contributed by atoms with E-state index in [1.807, 2.05) is 39.8 Å². The maximum absolute atomic E-state index is 14.4. The van der Waals surface area contributed by atoms with Gasteiger partial charge < -0.3 is 67.6 Å². The van der Waals surface area contributed by atoms with Crippen molar-refractivity contribution >= 4 is 12.4 Å². The topological polar surface area (TPSA) is 190 Å². The molecule has 7 aliphatic rings. The standard InChI is InChI=1S/C50H75NO15/c1-12-26(2)44-29(5)18-19-49(66-44)24-34-21-33(65-49)17-16-28(4)43(27(3)14-13-15-35-47(54)64-46-42(53)30(6)20-36(48(55)61-34)50(35,46)56)62-40-23-38(58-11)45(32(8)60-40)63-39-22-37(57-10)41(31(7)59-39)51(9)25-52/h13-16,18-20,25-27,29,31-34,36-47,53-54,56H,12,17,21-24H2,1-11H3/b14-13+,28-16+,35-15+/t26-,27-,29-,31-,32-,33+,34-,36-,37-,38-,39-,40-,41-,42+,43-,44+,45-,46+,47?,49+,50+/m0/s1. The molecule has 4 saturated heterocycles. The number of rotatable bonds is 10. The van der Waals surface area contributed by atoms with Crippen LogP contribution in [0.25, 0.3) is 0 Å². The van der Waals surface area contributed by atoms with Crippen LogP contribution in [-0.4, -0.2) is 157 Å². The van der Waals surface area contributed by atoms with E-state index in [1.54, 1.807) is 45.2 Å². The highest BCUT2D eigenvalue weighted by molar-refractivity contribution is 5.78. The Labute approximate surface area is 390 Å². The van der Waals surface area contributed by atoms with Crippen molar-refractivity contribution in [3.63, 3.8) is 0 Å². The summed E-state index contributed by atoms with van der Waals surface area (Å²) in [5, 5.41) is 35.1. The summed E-state index contributed by atoms with van der Waals surface area (Å²) in [5.74, 6) is -3.07. The Bertz CT molecular complexity index is 1870. The van der Waals surface area contributed by atoms with Crippen LogP contribution in [0.5, 0.6) is 0 Å². The van der Waals surface area contributed by atoms with Gasteiger partial charge in [-0.1, -0.05) is 70.6 Å². The number of amides is 1. The molecule has 0 aromatic carbocycles. The number of carbonyl (C=O) groups is 2. The molecule has 1 amide bonds. The lowest BCUT2D eigenvalue weighted by Gasteiger charge is -2.48. The zero-order valence-electron chi connectivity index (χ0n) is 40.5. The van der Waals surface area contributed by atoms with Crippen LogP contribution in [0.3, 0.4) is 0 Å². The summed E-state index contributed by atoms with van der Waals surface area (Å²) in [4.78, 5) is 27.6. The molecule has 4 fully saturated rings. The van der Waals surface area contributed by atoms with Gasteiger partial charge in [0.15, 0.2) is 24.7 Å². The van der Waals surface area contributed by atoms with E-state index in [-0.39, 0.29) is 54.1 Å². The smallest absolute Gasteiger partial charge is 0.316 e. The Kier molecular flexibility index (Phi) is 16.3. The molecule has 6 heterocycles. The first-order chi connectivity index (χ1) is 31.4. The molecule has 1 aliphatic carbocycles. The van der Waals surface area contributed by atoms with Gasteiger partial charge in [-0.15, -0.1) is 0 Å². The van der Waals surface area contributed by atoms with Crippen molar-refractivity contribution in [2.24, 2.45) is 23.7 Å². The number of nitrogens with zero attached hydrogens (tertiary/aromatic N) is 1. The number of aliphatic hydroxyl groups is 3. The molecule has 0 saturated carbocycles. The summed E-state index contributed by atoms with van der Waals surface area (Å²) in [6.07, 6.45) is 6.96. The zero-order valence-corrected chi connectivity index (χ0v) is 40.5. The fourth-order valence-corrected chi connectivity index (χ4v) is 11.3. The Morgan fingerprint density at radius 2 is 1.61 bits per heavy atom. The van der Waals surface area contributed by atoms with E-state index in [9.17, 15) is 24.9 Å². The van der Waals surface area contributed by atoms with Crippen molar-refractivity contribution in [3.05, 3.63) is 59.3 Å². The number of allylic oxidation sites excluding steroid dienone is 2. The number of esters is 1. The summed E-state index contributed by atoms with van der Waals surface area (Å²) in [5.41, 5.74) is -0.764. The highest BCUT2D eigenvalue weighted by Crippen LogP contribution is 2.49. The maximum atomic E-state index is 14.4. The summed E-state index contributed by atoms with van der Waals surface area (Å²) in [6.45, 7) is 15.9. The number of aliphatic hydroxyl groups excluding tert-OH is 2. The van der Waals surface area contributed by atoms with Gasteiger partial charge in [0.1, 0.15) is 35.9 Å². The van der Waals surface area contributed by atoms with Crippen LogP contribution in [0, 0.1) is 23.7 Å². The second-order valence-electron chi connectivity index (χ2n) is 19.8. The first-order valence-electron chi connectivity index (χ1n) is 23.9. The molecule has 21 atom stereocenters. The van der Waals surface area contributed by atoms with E-state index >= 15 is 0 Å². The van der Waals surface area contributed by atoms with Crippen LogP contribution in [0.4, 0.5) is 0 Å². The number of fused-ring (bicyclic) bond motifs is 2. The van der Waals surface area contributed by atoms with E-state index in [2.05, 4.69) is 32.9 Å². The fourth-order valence-electron chi connectivity index (χ4n) is 11.3. The zero-order chi connectivity index (χ0) is 47.8. The van der Waals surface area contributed by atoms with Crippen molar-refractivity contribution in [2.75, 3.05) is 21.3 Å². The van der Waals surface area contributed by atoms with E-state index in [1.165, 1.54) is 6.08 Å². The monoisotopic (exact) mass is 930 g/mol. The van der Waals surface area contributed by atoms with Crippen molar-refractivity contribution in [2.45, 2.75) is 197 Å². The Balaban J connectivity index is 1.18. The van der Waals surface area contributed by atoms with E-state index < -0.39 is 91.0 Å². The number of methoxy groups -OCH3 is 2. The molecular weight excluding hydrogens is 855 g/mol. The lowest BCUT2D eigenvalue weighted by Crippen LogP contribution is -2.58. The highest BCUT2D eigenvalue weighted by Gasteiger charge is 2.63. The molecule has 0 radical (unpaired) electrons. The SMILES string of the molecule is CC[C@H](C)[C@H]1O[C@]2(C=C[C@@H]1C)C[C@@H]1C[C@@H](C/C=C(\C)[C@@H](O[C@H]3C[C@H](OC)[C@@H](O[C@H]4C[C@H](OC)[C@@H](N(C)C=O)[C@H](C)O4)[C@H](C)O3)[C@@H](C)/C=C/C=C3\C(O)O[C@@H]4[C@H](O)C(C)=C[C@@H](C(=O)O1)[C@]34O)O2. The summed E-state index contributed by atoms with van der Waals surface area (Å²) in [6, 6.07) is -0.273. The number of hydrogen-bond donors (Lipinski definition) is 3. The summed E-state index contributed by atoms with van der Waals surface area (Å²) >= 11 is 0. The second kappa shape index (κ2) is 21.0. The van der Waals surface area contributed by atoms with Crippen LogP contribution in [0.2, 0.25) is 0 Å². The summed E-state index contributed by atoms with van der Waals surface area (Å²) < 4.78 is 64.1. The quantitative estimate of drug-likeness (QED) is 0.154. The van der Waals surface area contributed by atoms with Crippen LogP contribution < -0.4 is 0 Å². The Morgan fingerprint density at radius 3 is 2.30 bits per heavy atom. The van der Waals surface area contributed by atoms with Gasteiger partial charge in [-0.3, -0.25) is 9.59 Å². The molecule has 7 rings (SSSR count). The molecule has 6 aliphatic heterocycles. The van der Waals surface area contributed by atoms with Crippen molar-refractivity contribution in [3.8, 4) is 0 Å². The lowest BCUT2D eigenvalue weighted by molar-refractivity contribution is -0.314. The van der Waals surface area contributed by atoms with Gasteiger partial charge in [-0.05, 0) is 57.3 Å². The predicted molar refractivity (Wildman–Crippen MR) is 240 cm³/mol. The van der Waals surface area contributed by atoms with Gasteiger partial charge in [-0.25, -0.2) is 0 Å². The number of carbonyl (C=O) groups excluding carboxylic acids is 2. The molecule has 16 heteroatoms. The number of ether oxygens (including phenoxy) is 10. The van der Waals surface area contributed by atoms with Gasteiger partial charge in [0, 0.05) is 64.4 Å². The third-order valence-corrected chi connectivity index (χ3v) is 15.2. The average molecular weight is 930 g/mol. The molecule has 1 unspecified atom stereocenters. The molecular formula is C50H75NO15. The fraction of sp³-hybridized carbons (Fsp3) is 0.760. The first-order valence-corrected chi connectivity index (χ1v) is 23.9. The number of hydrogen-bond acceptors (Lipinski definition) is 15. The van der Waals surface area contributed by atoms with Gasteiger partial charge >= 0.3 is 5.97 Å². The van der Waals surface area contributed by atoms with Crippen LogP contribution in [0.15, 0.2) is 59.3 Å². The van der Waals surface area contributed by atoms with Crippen LogP contribution >= 0.6 is 0 Å². The van der Waals surface area contributed by atoms with Gasteiger partial charge in [0.2, 0.25) is 6.41 Å². The van der Waals surface area contributed by atoms with Crippen molar-refractivity contribution in [1.29, 1.82) is 0 Å². The Hall–Kier alpha value is -2.84. The van der Waals surface area contributed by atoms with Crippen molar-refractivity contribution < 1.29 is 72.3 Å². The van der Waals surface area contributed by atoms with Gasteiger partial charge in [0.25, 0.3) is 0 Å². The first kappa shape index (κ1) is 51.0. The largest absolute Gasteiger partial charge is 0.462 e. The Morgan fingerprint density at radius 1 is 0.909 bits per heavy atom. The summed E-state index contributed by atoms with van der Waals surface area (Å²) in [7, 11) is 4.96. The molecule has 0 aromatic heterocycles. The highest BCUT2D eigenvalue weighted by atomic mass is 16.7. The maximum Gasteiger partial charge on any atom is 0.316 e.